The van der Waals surface area contributed by atoms with Crippen LogP contribution < -0.4 is 0 Å². The SMILES string of the molecule is O=C(c1ccnc(Cl)c1)N1CC[C@]2(CCCN(Cc3ccccc3F)C2)C1. The Morgan fingerprint density at radius 3 is 2.85 bits per heavy atom. The molecule has 4 nitrogen and oxygen atoms in total. The number of carbonyl (C=O) groups excluding carboxylic acids is 1. The normalized spacial score (nSPS) is 23.1. The second-order valence-electron chi connectivity index (χ2n) is 7.75. The van der Waals surface area contributed by atoms with Gasteiger partial charge in [-0.25, -0.2) is 9.37 Å². The van der Waals surface area contributed by atoms with Gasteiger partial charge in [0.25, 0.3) is 5.91 Å². The molecule has 0 bridgehead atoms. The molecule has 0 aliphatic carbocycles. The molecule has 4 rings (SSSR count). The van der Waals surface area contributed by atoms with Gasteiger partial charge >= 0.3 is 0 Å². The van der Waals surface area contributed by atoms with E-state index < -0.39 is 0 Å². The molecule has 2 aromatic rings. The number of carbonyl (C=O) groups is 1. The summed E-state index contributed by atoms with van der Waals surface area (Å²) in [4.78, 5) is 21.0. The zero-order valence-electron chi connectivity index (χ0n) is 15.2. The zero-order chi connectivity index (χ0) is 18.9. The Kier molecular flexibility index (Phi) is 5.15. The van der Waals surface area contributed by atoms with E-state index in [4.69, 9.17) is 11.6 Å². The van der Waals surface area contributed by atoms with Crippen molar-refractivity contribution in [3.63, 3.8) is 0 Å². The lowest BCUT2D eigenvalue weighted by Crippen LogP contribution is -2.45. The van der Waals surface area contributed by atoms with E-state index in [9.17, 15) is 9.18 Å². The molecule has 1 atom stereocenters. The number of aromatic nitrogens is 1. The summed E-state index contributed by atoms with van der Waals surface area (Å²) in [7, 11) is 0. The van der Waals surface area contributed by atoms with Crippen LogP contribution in [0.2, 0.25) is 5.15 Å². The third-order valence-corrected chi connectivity index (χ3v) is 6.00. The molecule has 6 heteroatoms. The van der Waals surface area contributed by atoms with Crippen LogP contribution in [0.1, 0.15) is 35.2 Å². The van der Waals surface area contributed by atoms with Crippen molar-refractivity contribution in [3.05, 3.63) is 64.7 Å². The van der Waals surface area contributed by atoms with Crippen LogP contribution in [0.5, 0.6) is 0 Å². The lowest BCUT2D eigenvalue weighted by atomic mass is 9.79. The summed E-state index contributed by atoms with van der Waals surface area (Å²) in [5.41, 5.74) is 1.44. The monoisotopic (exact) mass is 387 g/mol. The van der Waals surface area contributed by atoms with Crippen LogP contribution in [0, 0.1) is 11.2 Å². The topological polar surface area (TPSA) is 36.4 Å². The highest BCUT2D eigenvalue weighted by molar-refractivity contribution is 6.29. The maximum Gasteiger partial charge on any atom is 0.254 e. The van der Waals surface area contributed by atoms with Crippen molar-refractivity contribution in [1.29, 1.82) is 0 Å². The summed E-state index contributed by atoms with van der Waals surface area (Å²) >= 11 is 5.93. The van der Waals surface area contributed by atoms with Crippen molar-refractivity contribution in [1.82, 2.24) is 14.8 Å². The molecule has 0 saturated carbocycles. The Morgan fingerprint density at radius 1 is 1.19 bits per heavy atom. The van der Waals surface area contributed by atoms with Gasteiger partial charge < -0.3 is 4.90 Å². The van der Waals surface area contributed by atoms with Crippen LogP contribution in [0.3, 0.4) is 0 Å². The number of rotatable bonds is 3. The second kappa shape index (κ2) is 7.56. The van der Waals surface area contributed by atoms with E-state index in [-0.39, 0.29) is 17.1 Å². The quantitative estimate of drug-likeness (QED) is 0.747. The Balaban J connectivity index is 1.43. The smallest absolute Gasteiger partial charge is 0.254 e. The number of hydrogen-bond donors (Lipinski definition) is 0. The van der Waals surface area contributed by atoms with E-state index >= 15 is 0 Å². The average Bonchev–Trinajstić information content (AvgIpc) is 3.06. The van der Waals surface area contributed by atoms with Gasteiger partial charge in [-0.05, 0) is 44.0 Å². The number of pyridine rings is 1. The largest absolute Gasteiger partial charge is 0.338 e. The first-order chi connectivity index (χ1) is 13.0. The maximum absolute atomic E-state index is 14.0. The summed E-state index contributed by atoms with van der Waals surface area (Å²) in [6.45, 7) is 4.01. The summed E-state index contributed by atoms with van der Waals surface area (Å²) in [6, 6.07) is 10.3. The summed E-state index contributed by atoms with van der Waals surface area (Å²) in [5.74, 6) is -0.127. The van der Waals surface area contributed by atoms with Gasteiger partial charge in [0.1, 0.15) is 11.0 Å². The Bertz CT molecular complexity index is 846. The van der Waals surface area contributed by atoms with Crippen molar-refractivity contribution in [2.24, 2.45) is 5.41 Å². The fourth-order valence-corrected chi connectivity index (χ4v) is 4.65. The molecule has 0 radical (unpaired) electrons. The fraction of sp³-hybridized carbons (Fsp3) is 0.429. The zero-order valence-corrected chi connectivity index (χ0v) is 16.0. The van der Waals surface area contributed by atoms with Crippen LogP contribution in [0.4, 0.5) is 4.39 Å². The van der Waals surface area contributed by atoms with E-state index in [2.05, 4.69) is 9.88 Å². The first-order valence-electron chi connectivity index (χ1n) is 9.41. The lowest BCUT2D eigenvalue weighted by Gasteiger charge is -2.40. The van der Waals surface area contributed by atoms with Crippen molar-refractivity contribution in [2.75, 3.05) is 26.2 Å². The first-order valence-corrected chi connectivity index (χ1v) is 9.79. The summed E-state index contributed by atoms with van der Waals surface area (Å²) < 4.78 is 14.0. The molecular formula is C21H23ClFN3O. The molecule has 27 heavy (non-hydrogen) atoms. The van der Waals surface area contributed by atoms with Gasteiger partial charge in [-0.15, -0.1) is 0 Å². The minimum Gasteiger partial charge on any atom is -0.338 e. The van der Waals surface area contributed by atoms with Crippen LogP contribution in [0.25, 0.3) is 0 Å². The molecule has 1 amide bonds. The molecule has 1 spiro atoms. The number of halogens is 2. The van der Waals surface area contributed by atoms with Crippen LogP contribution in [-0.4, -0.2) is 46.9 Å². The molecule has 2 saturated heterocycles. The highest BCUT2D eigenvalue weighted by Gasteiger charge is 2.42. The van der Waals surface area contributed by atoms with E-state index in [1.165, 1.54) is 6.07 Å². The minimum atomic E-state index is -0.144. The van der Waals surface area contributed by atoms with Gasteiger partial charge in [0.15, 0.2) is 0 Å². The first kappa shape index (κ1) is 18.4. The summed E-state index contributed by atoms with van der Waals surface area (Å²) in [5, 5.41) is 0.337. The standard InChI is InChI=1S/C21H23ClFN3O/c22-19-12-16(6-9-24-19)20(27)26-11-8-21(15-26)7-3-10-25(14-21)13-17-4-1-2-5-18(17)23/h1-2,4-6,9,12H,3,7-8,10-11,13-15H2/t21-/m0/s1. The molecule has 2 aliphatic rings. The minimum absolute atomic E-state index is 0.0161. The van der Waals surface area contributed by atoms with E-state index in [1.54, 1.807) is 24.4 Å². The van der Waals surface area contributed by atoms with Crippen molar-refractivity contribution >= 4 is 17.5 Å². The Labute approximate surface area is 163 Å². The Morgan fingerprint density at radius 2 is 2.04 bits per heavy atom. The number of likely N-dealkylation sites (tertiary alicyclic amines) is 2. The molecule has 0 N–H and O–H groups in total. The van der Waals surface area contributed by atoms with Crippen molar-refractivity contribution in [3.8, 4) is 0 Å². The van der Waals surface area contributed by atoms with Crippen LogP contribution in [-0.2, 0) is 6.54 Å². The van der Waals surface area contributed by atoms with E-state index in [0.29, 0.717) is 17.3 Å². The van der Waals surface area contributed by atoms with Gasteiger partial charge in [0.05, 0.1) is 0 Å². The lowest BCUT2D eigenvalue weighted by molar-refractivity contribution is 0.0673. The van der Waals surface area contributed by atoms with Gasteiger partial charge in [-0.1, -0.05) is 29.8 Å². The van der Waals surface area contributed by atoms with E-state index in [1.807, 2.05) is 17.0 Å². The van der Waals surface area contributed by atoms with Gasteiger partial charge in [0, 0.05) is 48.9 Å². The third-order valence-electron chi connectivity index (χ3n) is 5.79. The predicted molar refractivity (Wildman–Crippen MR) is 103 cm³/mol. The van der Waals surface area contributed by atoms with E-state index in [0.717, 1.165) is 51.0 Å². The Hall–Kier alpha value is -1.98. The van der Waals surface area contributed by atoms with Crippen LogP contribution >= 0.6 is 11.6 Å². The molecule has 0 unspecified atom stereocenters. The summed E-state index contributed by atoms with van der Waals surface area (Å²) in [6.07, 6.45) is 4.75. The molecule has 142 valence electrons. The molecule has 2 aliphatic heterocycles. The van der Waals surface area contributed by atoms with Crippen molar-refractivity contribution < 1.29 is 9.18 Å². The number of piperidine rings is 1. The van der Waals surface area contributed by atoms with Gasteiger partial charge in [-0.3, -0.25) is 9.69 Å². The fourth-order valence-electron chi connectivity index (χ4n) is 4.47. The highest BCUT2D eigenvalue weighted by Crippen LogP contribution is 2.40. The molecular weight excluding hydrogens is 365 g/mol. The average molecular weight is 388 g/mol. The second-order valence-corrected chi connectivity index (χ2v) is 8.14. The number of amides is 1. The molecule has 1 aromatic heterocycles. The third kappa shape index (κ3) is 3.99. The maximum atomic E-state index is 14.0. The number of benzene rings is 1. The predicted octanol–water partition coefficient (Wildman–Crippen LogP) is 4.00. The van der Waals surface area contributed by atoms with Crippen LogP contribution in [0.15, 0.2) is 42.6 Å². The molecule has 2 fully saturated rings. The molecule has 1 aromatic carbocycles. The molecule has 3 heterocycles. The number of nitrogens with zero attached hydrogens (tertiary/aromatic N) is 3. The highest BCUT2D eigenvalue weighted by atomic mass is 35.5. The number of hydrogen-bond acceptors (Lipinski definition) is 3. The van der Waals surface area contributed by atoms with Crippen molar-refractivity contribution in [2.45, 2.75) is 25.8 Å². The van der Waals surface area contributed by atoms with Gasteiger partial charge in [-0.2, -0.15) is 0 Å². The van der Waals surface area contributed by atoms with Gasteiger partial charge in [0.2, 0.25) is 0 Å².